The molecule has 0 aromatic rings. The summed E-state index contributed by atoms with van der Waals surface area (Å²) < 4.78 is 23.0. The number of quaternary nitrogens is 1. The molecule has 0 aromatic carbocycles. The van der Waals surface area contributed by atoms with E-state index < -0.39 is 152 Å². The lowest BCUT2D eigenvalue weighted by molar-refractivity contribution is -0.431. The van der Waals surface area contributed by atoms with Gasteiger partial charge in [0.25, 0.3) is 5.91 Å². The van der Waals surface area contributed by atoms with Crippen molar-refractivity contribution in [3.05, 3.63) is 0 Å². The van der Waals surface area contributed by atoms with Crippen molar-refractivity contribution in [1.29, 1.82) is 0 Å². The van der Waals surface area contributed by atoms with Crippen LogP contribution in [0.4, 0.5) is 0 Å². The number of carbonyl (C=O) groups excluding carboxylic acids is 6. The lowest BCUT2D eigenvalue weighted by Crippen LogP contribution is -2.75. The minimum atomic E-state index is -1.89. The van der Waals surface area contributed by atoms with Gasteiger partial charge >= 0.3 is 0 Å². The molecule has 0 bridgehead atoms. The van der Waals surface area contributed by atoms with Gasteiger partial charge < -0.3 is 91.4 Å². The number of hydrogen-bond acceptors (Lipinski definition) is 17. The number of carboxylic acid groups (broad SMARTS) is 1. The first-order valence-electron chi connectivity index (χ1n) is 18.7. The first kappa shape index (κ1) is 47.8. The maximum absolute atomic E-state index is 13.9. The zero-order chi connectivity index (χ0) is 43.0. The number of aliphatic hydroxyl groups excluding tert-OH is 6. The molecule has 3 aliphatic heterocycles. The van der Waals surface area contributed by atoms with Crippen LogP contribution in [0, 0.1) is 5.92 Å². The maximum atomic E-state index is 13.9. The SMILES string of the molecule is CC(=O)N[C@H]1[C@@H](O[C@H](C)[C@H]([NH3+])C(=O)N[C@H](C(=O)N2CCC[C@H]2C(=O)N[C@@H](C)C(=O)N[C@@H](C)C(=O)[O-])C(C)C)O[C@H](CO)[C@H](O)[C@@H]1O[C@@H]1O[C@H](CO)[C@H](O)[C@H](O)[C@H]1O. The molecule has 57 heavy (non-hydrogen) atoms. The molecule has 13 N–H and O–H groups in total. The molecule has 23 nitrogen and oxygen atoms in total. The van der Waals surface area contributed by atoms with Gasteiger partial charge in [0.15, 0.2) is 18.6 Å². The minimum absolute atomic E-state index is 0.166. The summed E-state index contributed by atoms with van der Waals surface area (Å²) in [5.41, 5.74) is 3.89. The standard InChI is InChI=1S/C34H58N6O17/c1-12(2)21(31(51)40-9-7-8-17(40)29(49)36-13(3)28(48)37-14(4)32(52)53)39-30(50)20(35)15(5)54-33-22(38-16(6)43)27(24(45)19(11-42)55-33)57-34-26(47)25(46)23(44)18(10-41)56-34/h12-15,17-27,33-34,41-42,44-47H,7-11,35H2,1-6H3,(H,36,49)(H,37,48)(H,38,43)(H,39,50)(H,52,53)/t13-,14-,15+,17-,18+,19+,20-,21-,22+,23-,24-,25-,26+,27+,33-,34-/m0/s1. The number of nitrogens with zero attached hydrogens (tertiary/aromatic N) is 1. The van der Waals surface area contributed by atoms with E-state index in [-0.39, 0.29) is 13.0 Å². The first-order valence-corrected chi connectivity index (χ1v) is 18.7. The van der Waals surface area contributed by atoms with E-state index in [2.05, 4.69) is 27.0 Å². The van der Waals surface area contributed by atoms with Crippen LogP contribution in [0.15, 0.2) is 0 Å². The van der Waals surface area contributed by atoms with Gasteiger partial charge in [-0.3, -0.25) is 24.0 Å². The number of ether oxygens (including phenoxy) is 4. The highest BCUT2D eigenvalue weighted by Crippen LogP contribution is 2.30. The van der Waals surface area contributed by atoms with Gasteiger partial charge in [-0.2, -0.15) is 0 Å². The van der Waals surface area contributed by atoms with Crippen molar-refractivity contribution in [2.45, 2.75) is 152 Å². The van der Waals surface area contributed by atoms with E-state index in [0.717, 1.165) is 6.92 Å². The molecule has 3 aliphatic rings. The van der Waals surface area contributed by atoms with Crippen molar-refractivity contribution < 1.29 is 89.2 Å². The number of likely N-dealkylation sites (tertiary alicyclic amines) is 1. The Morgan fingerprint density at radius 1 is 0.825 bits per heavy atom. The van der Waals surface area contributed by atoms with Gasteiger partial charge in [-0.1, -0.05) is 13.8 Å². The van der Waals surface area contributed by atoms with E-state index in [9.17, 15) is 64.5 Å². The van der Waals surface area contributed by atoms with E-state index >= 15 is 0 Å². The molecular formula is C34H58N6O17. The number of amides is 5. The summed E-state index contributed by atoms with van der Waals surface area (Å²) in [6, 6.07) is -7.29. The molecule has 3 rings (SSSR count). The third-order valence-corrected chi connectivity index (χ3v) is 10.1. The Bertz CT molecular complexity index is 1420. The fraction of sp³-hybridized carbons (Fsp3) is 0.824. The Morgan fingerprint density at radius 3 is 1.98 bits per heavy atom. The normalized spacial score (nSPS) is 33.0. The van der Waals surface area contributed by atoms with Gasteiger partial charge in [0.1, 0.15) is 73.0 Å². The average Bonchev–Trinajstić information content (AvgIpc) is 3.65. The largest absolute Gasteiger partial charge is 0.548 e. The Hall–Kier alpha value is -3.62. The number of nitrogens with one attached hydrogen (secondary N) is 4. The highest BCUT2D eigenvalue weighted by molar-refractivity contribution is 5.95. The lowest BCUT2D eigenvalue weighted by atomic mass is 9.95. The number of aliphatic carboxylic acids is 1. The molecule has 0 spiro atoms. The van der Waals surface area contributed by atoms with Gasteiger partial charge in [-0.15, -0.1) is 0 Å². The Labute approximate surface area is 328 Å². The smallest absolute Gasteiger partial charge is 0.281 e. The third-order valence-electron chi connectivity index (χ3n) is 10.1. The van der Waals surface area contributed by atoms with Crippen molar-refractivity contribution in [2.24, 2.45) is 5.92 Å². The predicted octanol–water partition coefficient (Wildman–Crippen LogP) is -8.34. The second-order valence-corrected chi connectivity index (χ2v) is 14.9. The third kappa shape index (κ3) is 11.7. The first-order chi connectivity index (χ1) is 26.6. The topological polar surface area (TPSA) is 363 Å². The van der Waals surface area contributed by atoms with Crippen molar-refractivity contribution in [2.75, 3.05) is 19.8 Å². The molecule has 3 heterocycles. The van der Waals surface area contributed by atoms with Crippen LogP contribution in [0.5, 0.6) is 0 Å². The second-order valence-electron chi connectivity index (χ2n) is 14.9. The highest BCUT2D eigenvalue weighted by Gasteiger charge is 2.52. The summed E-state index contributed by atoms with van der Waals surface area (Å²) in [6.45, 7) is 7.03. The Balaban J connectivity index is 1.74. The summed E-state index contributed by atoms with van der Waals surface area (Å²) >= 11 is 0. The van der Waals surface area contributed by atoms with Crippen LogP contribution in [0.1, 0.15) is 54.4 Å². The summed E-state index contributed by atoms with van der Waals surface area (Å²) in [7, 11) is 0. The number of carbonyl (C=O) groups is 6. The minimum Gasteiger partial charge on any atom is -0.548 e. The number of hydrogen-bond donors (Lipinski definition) is 11. The fourth-order valence-corrected chi connectivity index (χ4v) is 6.62. The molecule has 0 aliphatic carbocycles. The van der Waals surface area contributed by atoms with Crippen LogP contribution < -0.4 is 32.1 Å². The van der Waals surface area contributed by atoms with E-state index in [0.29, 0.717) is 6.42 Å². The van der Waals surface area contributed by atoms with Gasteiger partial charge in [-0.25, -0.2) is 0 Å². The molecule has 0 saturated carbocycles. The summed E-state index contributed by atoms with van der Waals surface area (Å²) in [5.74, 6) is -5.46. The molecule has 23 heteroatoms. The average molecular weight is 823 g/mol. The molecule has 16 atom stereocenters. The van der Waals surface area contributed by atoms with Crippen LogP contribution in [-0.4, -0.2) is 188 Å². The van der Waals surface area contributed by atoms with Gasteiger partial charge in [0, 0.05) is 13.5 Å². The summed E-state index contributed by atoms with van der Waals surface area (Å²) in [4.78, 5) is 77.7. The van der Waals surface area contributed by atoms with Crippen molar-refractivity contribution in [3.8, 4) is 0 Å². The number of rotatable bonds is 17. The zero-order valence-electron chi connectivity index (χ0n) is 32.7. The van der Waals surface area contributed by atoms with E-state index in [1.807, 2.05) is 0 Å². The second kappa shape index (κ2) is 20.9. The molecule has 0 radical (unpaired) electrons. The number of carboxylic acids is 1. The van der Waals surface area contributed by atoms with Crippen LogP contribution >= 0.6 is 0 Å². The Kier molecular flexibility index (Phi) is 17.5. The fourth-order valence-electron chi connectivity index (χ4n) is 6.62. The Morgan fingerprint density at radius 2 is 1.42 bits per heavy atom. The summed E-state index contributed by atoms with van der Waals surface area (Å²) in [6.07, 6.45) is -15.3. The lowest BCUT2D eigenvalue weighted by Gasteiger charge is -2.47. The van der Waals surface area contributed by atoms with E-state index in [4.69, 9.17) is 18.9 Å². The van der Waals surface area contributed by atoms with Crippen molar-refractivity contribution in [1.82, 2.24) is 26.2 Å². The molecule has 0 unspecified atom stereocenters. The molecular weight excluding hydrogens is 764 g/mol. The van der Waals surface area contributed by atoms with Gasteiger partial charge in [-0.05, 0) is 39.5 Å². The maximum Gasteiger partial charge on any atom is 0.281 e. The molecule has 3 fully saturated rings. The van der Waals surface area contributed by atoms with Crippen LogP contribution in [0.2, 0.25) is 0 Å². The quantitative estimate of drug-likeness (QED) is 0.0649. The van der Waals surface area contributed by atoms with E-state index in [1.54, 1.807) is 13.8 Å². The molecule has 326 valence electrons. The van der Waals surface area contributed by atoms with Crippen molar-refractivity contribution >= 4 is 35.5 Å². The van der Waals surface area contributed by atoms with Crippen LogP contribution in [0.3, 0.4) is 0 Å². The van der Waals surface area contributed by atoms with Crippen molar-refractivity contribution in [3.63, 3.8) is 0 Å². The van der Waals surface area contributed by atoms with Crippen LogP contribution in [0.25, 0.3) is 0 Å². The monoisotopic (exact) mass is 822 g/mol. The van der Waals surface area contributed by atoms with E-state index in [1.165, 1.54) is 25.7 Å². The predicted molar refractivity (Wildman–Crippen MR) is 187 cm³/mol. The zero-order valence-corrected chi connectivity index (χ0v) is 32.7. The molecule has 5 amide bonds. The number of aliphatic hydroxyl groups is 6. The summed E-state index contributed by atoms with van der Waals surface area (Å²) in [5, 5.41) is 82.6. The van der Waals surface area contributed by atoms with Gasteiger partial charge in [0.05, 0.1) is 25.2 Å². The molecule has 3 saturated heterocycles. The highest BCUT2D eigenvalue weighted by atomic mass is 16.7. The van der Waals surface area contributed by atoms with Crippen LogP contribution in [-0.2, 0) is 47.7 Å². The molecule has 0 aromatic heterocycles. The van der Waals surface area contributed by atoms with Gasteiger partial charge in [0.2, 0.25) is 23.6 Å².